The van der Waals surface area contributed by atoms with Gasteiger partial charge in [-0.2, -0.15) is 0 Å². The molecule has 0 bridgehead atoms. The Kier molecular flexibility index (Phi) is 20.6. The first-order valence-corrected chi connectivity index (χ1v) is 12.1. The van der Waals surface area contributed by atoms with Crippen LogP contribution in [0, 0.1) is 0 Å². The molecule has 0 saturated carbocycles. The third-order valence-corrected chi connectivity index (χ3v) is 4.25. The highest BCUT2D eigenvalue weighted by atomic mass is 16.5. The van der Waals surface area contributed by atoms with Gasteiger partial charge < -0.3 is 10.1 Å². The Morgan fingerprint density at radius 2 is 1.23 bits per heavy atom. The van der Waals surface area contributed by atoms with Gasteiger partial charge in [0.2, 0.25) is 0 Å². The molecule has 0 radical (unpaired) electrons. The molecule has 172 valence electrons. The van der Waals surface area contributed by atoms with Crippen LogP contribution in [0.4, 0.5) is 0 Å². The smallest absolute Gasteiger partial charge is 0.285 e. The Labute approximate surface area is 187 Å². The topological polar surface area (TPSA) is 33.6 Å². The summed E-state index contributed by atoms with van der Waals surface area (Å²) in [5.41, 5.74) is 0. The molecule has 0 saturated heterocycles. The molecule has 0 atom stereocenters. The molecule has 0 aliphatic carbocycles. The Bertz CT molecular complexity index is 513. The van der Waals surface area contributed by atoms with E-state index in [0.29, 0.717) is 12.1 Å². The molecule has 0 fully saturated rings. The quantitative estimate of drug-likeness (QED) is 0.113. The summed E-state index contributed by atoms with van der Waals surface area (Å²) in [6, 6.07) is 1.26. The van der Waals surface area contributed by atoms with Crippen molar-refractivity contribution in [2.45, 2.75) is 111 Å². The van der Waals surface area contributed by atoms with Gasteiger partial charge in [-0.25, -0.2) is 4.99 Å². The number of aliphatic imine (C=N–C) groups is 1. The van der Waals surface area contributed by atoms with Crippen LogP contribution in [-0.2, 0) is 4.74 Å². The lowest BCUT2D eigenvalue weighted by Gasteiger charge is -2.14. The van der Waals surface area contributed by atoms with E-state index in [1.54, 1.807) is 0 Å². The summed E-state index contributed by atoms with van der Waals surface area (Å²) in [5, 5.41) is 3.27. The van der Waals surface area contributed by atoms with E-state index >= 15 is 0 Å². The van der Waals surface area contributed by atoms with Crippen LogP contribution in [0.3, 0.4) is 0 Å². The predicted octanol–water partition coefficient (Wildman–Crippen LogP) is 7.91. The molecule has 0 aliphatic heterocycles. The van der Waals surface area contributed by atoms with Gasteiger partial charge in [0.1, 0.15) is 0 Å². The van der Waals surface area contributed by atoms with Crippen molar-refractivity contribution < 1.29 is 4.74 Å². The van der Waals surface area contributed by atoms with Crippen LogP contribution in [0.1, 0.15) is 98.8 Å². The van der Waals surface area contributed by atoms with E-state index in [1.165, 1.54) is 25.7 Å². The van der Waals surface area contributed by atoms with Gasteiger partial charge in [-0.1, -0.05) is 68.4 Å². The van der Waals surface area contributed by atoms with Gasteiger partial charge in [0.05, 0.1) is 6.61 Å². The van der Waals surface area contributed by atoms with Gasteiger partial charge in [0.25, 0.3) is 6.02 Å². The standard InChI is InChI=1S/C27H48N2O/c1-6-7-8-9-10-11-12-13-14-15-16-17-18-19-20-21-22-23-24-30-27(28-25(2)3)29-26(4)5/h10-11,13-14,16-17,19-20,25-26H,6-9,12,15,18,21-24H2,1-5H3,(H,28,29)/b11-10-,14-13-,17-16-,20-19-. The van der Waals surface area contributed by atoms with E-state index in [-0.39, 0.29) is 6.04 Å². The lowest BCUT2D eigenvalue weighted by atomic mass is 10.2. The van der Waals surface area contributed by atoms with Crippen LogP contribution >= 0.6 is 0 Å². The van der Waals surface area contributed by atoms with Crippen molar-refractivity contribution in [2.75, 3.05) is 6.61 Å². The molecule has 30 heavy (non-hydrogen) atoms. The number of rotatable bonds is 17. The predicted molar refractivity (Wildman–Crippen MR) is 135 cm³/mol. The number of nitrogens with one attached hydrogen (secondary N) is 1. The van der Waals surface area contributed by atoms with E-state index in [0.717, 1.165) is 45.1 Å². The number of nitrogens with zero attached hydrogens (tertiary/aromatic N) is 1. The molecule has 0 spiro atoms. The average Bonchev–Trinajstić information content (AvgIpc) is 2.68. The highest BCUT2D eigenvalue weighted by Gasteiger charge is 2.03. The van der Waals surface area contributed by atoms with Crippen molar-refractivity contribution in [3.63, 3.8) is 0 Å². The van der Waals surface area contributed by atoms with Gasteiger partial charge in [-0.3, -0.25) is 0 Å². The maximum absolute atomic E-state index is 5.79. The molecule has 0 heterocycles. The van der Waals surface area contributed by atoms with Crippen molar-refractivity contribution in [2.24, 2.45) is 4.99 Å². The van der Waals surface area contributed by atoms with Crippen LogP contribution in [0.25, 0.3) is 0 Å². The fourth-order valence-corrected chi connectivity index (χ4v) is 2.69. The number of ether oxygens (including phenoxy) is 1. The zero-order valence-electron chi connectivity index (χ0n) is 20.4. The molecular weight excluding hydrogens is 368 g/mol. The zero-order valence-corrected chi connectivity index (χ0v) is 20.4. The van der Waals surface area contributed by atoms with Crippen molar-refractivity contribution in [1.29, 1.82) is 0 Å². The summed E-state index contributed by atoms with van der Waals surface area (Å²) < 4.78 is 5.79. The van der Waals surface area contributed by atoms with Crippen molar-refractivity contribution in [3.8, 4) is 0 Å². The van der Waals surface area contributed by atoms with Gasteiger partial charge in [0, 0.05) is 12.1 Å². The number of amidine groups is 1. The number of allylic oxidation sites excluding steroid dienone is 8. The summed E-state index contributed by atoms with van der Waals surface area (Å²) in [6.45, 7) is 11.3. The first-order valence-electron chi connectivity index (χ1n) is 12.1. The molecule has 3 heteroatoms. The average molecular weight is 417 g/mol. The van der Waals surface area contributed by atoms with Crippen molar-refractivity contribution in [1.82, 2.24) is 5.32 Å². The van der Waals surface area contributed by atoms with Crippen LogP contribution in [0.5, 0.6) is 0 Å². The third kappa shape index (κ3) is 22.5. The summed E-state index contributed by atoms with van der Waals surface area (Å²) in [7, 11) is 0. The molecule has 0 amide bonds. The normalized spacial score (nSPS) is 13.2. The third-order valence-electron chi connectivity index (χ3n) is 4.25. The fourth-order valence-electron chi connectivity index (χ4n) is 2.69. The van der Waals surface area contributed by atoms with Crippen LogP contribution in [-0.4, -0.2) is 24.7 Å². The molecule has 3 nitrogen and oxygen atoms in total. The van der Waals surface area contributed by atoms with Crippen LogP contribution in [0.2, 0.25) is 0 Å². The van der Waals surface area contributed by atoms with Crippen molar-refractivity contribution in [3.05, 3.63) is 48.6 Å². The molecule has 0 rings (SSSR count). The summed E-state index contributed by atoms with van der Waals surface area (Å²) in [4.78, 5) is 4.49. The van der Waals surface area contributed by atoms with E-state index in [4.69, 9.17) is 4.74 Å². The second-order valence-electron chi connectivity index (χ2n) is 8.26. The van der Waals surface area contributed by atoms with Crippen molar-refractivity contribution >= 4 is 6.02 Å². The lowest BCUT2D eigenvalue weighted by molar-refractivity contribution is 0.274. The summed E-state index contributed by atoms with van der Waals surface area (Å²) in [5.74, 6) is 0. The molecule has 0 aliphatic rings. The Hall–Kier alpha value is -1.77. The monoisotopic (exact) mass is 416 g/mol. The minimum absolute atomic E-state index is 0.245. The van der Waals surface area contributed by atoms with E-state index < -0.39 is 0 Å². The van der Waals surface area contributed by atoms with Gasteiger partial charge in [-0.05, 0) is 79.1 Å². The highest BCUT2D eigenvalue weighted by Crippen LogP contribution is 2.02. The summed E-state index contributed by atoms with van der Waals surface area (Å²) >= 11 is 0. The van der Waals surface area contributed by atoms with E-state index in [9.17, 15) is 0 Å². The Morgan fingerprint density at radius 1 is 0.733 bits per heavy atom. The molecule has 0 aromatic carbocycles. The maximum Gasteiger partial charge on any atom is 0.285 e. The molecule has 0 aromatic rings. The van der Waals surface area contributed by atoms with Gasteiger partial charge >= 0.3 is 0 Å². The second kappa shape index (κ2) is 21.9. The van der Waals surface area contributed by atoms with Crippen LogP contribution < -0.4 is 5.32 Å². The highest BCUT2D eigenvalue weighted by molar-refractivity contribution is 5.73. The lowest BCUT2D eigenvalue weighted by Crippen LogP contribution is -2.33. The molecule has 1 N–H and O–H groups in total. The second-order valence-corrected chi connectivity index (χ2v) is 8.26. The largest absolute Gasteiger partial charge is 0.465 e. The number of hydrogen-bond acceptors (Lipinski definition) is 2. The fraction of sp³-hybridized carbons (Fsp3) is 0.667. The maximum atomic E-state index is 5.79. The molecule has 0 aromatic heterocycles. The first-order chi connectivity index (χ1) is 14.6. The number of hydrogen-bond donors (Lipinski definition) is 1. The van der Waals surface area contributed by atoms with E-state index in [2.05, 4.69) is 93.5 Å². The molecular formula is C27H48N2O. The minimum atomic E-state index is 0.245. The van der Waals surface area contributed by atoms with Gasteiger partial charge in [-0.15, -0.1) is 0 Å². The molecule has 0 unspecified atom stereocenters. The SMILES string of the molecule is CCCCC/C=C\C/C=C\C/C=C\C/C=C\CCCCOC(=NC(C)C)NC(C)C. The first kappa shape index (κ1) is 28.2. The van der Waals surface area contributed by atoms with Gasteiger partial charge in [0.15, 0.2) is 0 Å². The van der Waals surface area contributed by atoms with E-state index in [1.807, 2.05) is 0 Å². The Morgan fingerprint density at radius 3 is 1.70 bits per heavy atom. The van der Waals surface area contributed by atoms with Crippen LogP contribution in [0.15, 0.2) is 53.6 Å². The summed E-state index contributed by atoms with van der Waals surface area (Å²) in [6.07, 6.45) is 29.7. The Balaban J connectivity index is 3.65. The zero-order chi connectivity index (χ0) is 22.3. The number of unbranched alkanes of at least 4 members (excludes halogenated alkanes) is 5. The minimum Gasteiger partial charge on any atom is -0.465 e.